The Kier molecular flexibility index (Phi) is 5.05. The van der Waals surface area contributed by atoms with E-state index in [1.54, 1.807) is 0 Å². The summed E-state index contributed by atoms with van der Waals surface area (Å²) in [4.78, 5) is 25.1. The van der Waals surface area contributed by atoms with E-state index >= 15 is 0 Å². The third-order valence-corrected chi connectivity index (χ3v) is 8.95. The Labute approximate surface area is 211 Å². The Hall–Kier alpha value is -3.60. The number of benzene rings is 3. The van der Waals surface area contributed by atoms with Gasteiger partial charge in [0.1, 0.15) is 12.6 Å². The number of aryl methyl sites for hydroxylation is 3. The molecular weight excluding hydrogens is 450 g/mol. The van der Waals surface area contributed by atoms with E-state index in [4.69, 9.17) is 4.74 Å². The van der Waals surface area contributed by atoms with Crippen LogP contribution in [0.4, 0.5) is 4.79 Å². The number of amides is 1. The number of carbonyl (C=O) groups excluding carboxylic acids is 1. The van der Waals surface area contributed by atoms with Gasteiger partial charge in [0, 0.05) is 11.3 Å². The van der Waals surface area contributed by atoms with Crippen LogP contribution in [0.15, 0.2) is 60.7 Å². The summed E-state index contributed by atoms with van der Waals surface area (Å²) in [6.45, 7) is 6.55. The van der Waals surface area contributed by atoms with E-state index in [2.05, 4.69) is 62.5 Å². The Bertz CT molecular complexity index is 1340. The number of hydrogen-bond acceptors (Lipinski definition) is 3. The smallest absolute Gasteiger partial charge is 0.407 e. The Morgan fingerprint density at radius 2 is 1.47 bits per heavy atom. The highest BCUT2D eigenvalue weighted by Gasteiger charge is 2.72. The van der Waals surface area contributed by atoms with Crippen molar-refractivity contribution >= 4 is 12.1 Å². The van der Waals surface area contributed by atoms with Crippen molar-refractivity contribution in [1.29, 1.82) is 0 Å². The SMILES string of the molecule is Cc1cc(C)c(C23CC(C(NC(=O)OCC4c5ccccc5-c5ccccc54)C(=O)O)(C2)C3)cc1C. The highest BCUT2D eigenvalue weighted by molar-refractivity contribution is 5.82. The molecule has 0 saturated heterocycles. The van der Waals surface area contributed by atoms with E-state index < -0.39 is 23.5 Å². The van der Waals surface area contributed by atoms with Crippen molar-refractivity contribution < 1.29 is 19.4 Å². The first-order valence-corrected chi connectivity index (χ1v) is 12.7. The average Bonchev–Trinajstić information content (AvgIpc) is 3.12. The normalized spacial score (nSPS) is 24.1. The molecule has 3 saturated carbocycles. The molecule has 4 aliphatic rings. The molecule has 0 heterocycles. The van der Waals surface area contributed by atoms with Crippen LogP contribution in [-0.4, -0.2) is 29.8 Å². The minimum absolute atomic E-state index is 0.0408. The maximum absolute atomic E-state index is 12.8. The van der Waals surface area contributed by atoms with Crippen molar-refractivity contribution in [2.45, 2.75) is 57.4 Å². The van der Waals surface area contributed by atoms with Gasteiger partial charge in [0.05, 0.1) is 0 Å². The zero-order chi connectivity index (χ0) is 25.2. The molecule has 2 bridgehead atoms. The van der Waals surface area contributed by atoms with Crippen LogP contribution in [0.1, 0.15) is 58.6 Å². The summed E-state index contributed by atoms with van der Waals surface area (Å²) in [7, 11) is 0. The number of carboxylic acids is 1. The van der Waals surface area contributed by atoms with Gasteiger partial charge in [0.2, 0.25) is 0 Å². The number of alkyl carbamates (subject to hydrolysis) is 1. The Morgan fingerprint density at radius 1 is 0.917 bits per heavy atom. The van der Waals surface area contributed by atoms with Crippen LogP contribution in [0, 0.1) is 26.2 Å². The highest BCUT2D eigenvalue weighted by Crippen LogP contribution is 2.75. The number of hydrogen-bond donors (Lipinski definition) is 2. The maximum atomic E-state index is 12.8. The van der Waals surface area contributed by atoms with Gasteiger partial charge >= 0.3 is 12.1 Å². The summed E-state index contributed by atoms with van der Waals surface area (Å²) in [6, 6.07) is 19.9. The summed E-state index contributed by atoms with van der Waals surface area (Å²) in [5.74, 6) is -1.05. The topological polar surface area (TPSA) is 75.6 Å². The first kappa shape index (κ1) is 22.8. The molecule has 0 aliphatic heterocycles. The summed E-state index contributed by atoms with van der Waals surface area (Å²) < 4.78 is 5.65. The van der Waals surface area contributed by atoms with Crippen molar-refractivity contribution in [3.8, 4) is 11.1 Å². The van der Waals surface area contributed by atoms with Crippen LogP contribution in [0.3, 0.4) is 0 Å². The fraction of sp³-hybridized carbons (Fsp3) is 0.355. The van der Waals surface area contributed by atoms with Gasteiger partial charge in [-0.3, -0.25) is 0 Å². The van der Waals surface area contributed by atoms with Crippen LogP contribution < -0.4 is 5.32 Å². The van der Waals surface area contributed by atoms with Gasteiger partial charge in [-0.25, -0.2) is 9.59 Å². The maximum Gasteiger partial charge on any atom is 0.407 e. The van der Waals surface area contributed by atoms with Crippen molar-refractivity contribution in [1.82, 2.24) is 5.32 Å². The van der Waals surface area contributed by atoms with E-state index in [1.165, 1.54) is 22.3 Å². The van der Waals surface area contributed by atoms with Gasteiger partial charge in [0.15, 0.2) is 0 Å². The lowest BCUT2D eigenvalue weighted by atomic mass is 9.31. The molecule has 3 fully saturated rings. The molecular formula is C31H31NO4. The lowest BCUT2D eigenvalue weighted by Gasteiger charge is -2.73. The number of carbonyl (C=O) groups is 2. The Morgan fingerprint density at radius 3 is 2.06 bits per heavy atom. The molecule has 1 amide bonds. The number of carboxylic acid groups (broad SMARTS) is 1. The molecule has 4 aliphatic carbocycles. The fourth-order valence-corrected chi connectivity index (χ4v) is 7.22. The zero-order valence-corrected chi connectivity index (χ0v) is 20.9. The fourth-order valence-electron chi connectivity index (χ4n) is 7.22. The van der Waals surface area contributed by atoms with E-state index in [0.29, 0.717) is 0 Å². The third kappa shape index (κ3) is 3.29. The molecule has 1 unspecified atom stereocenters. The molecule has 5 heteroatoms. The van der Waals surface area contributed by atoms with Crippen LogP contribution in [0.25, 0.3) is 11.1 Å². The first-order valence-electron chi connectivity index (χ1n) is 12.7. The molecule has 0 aromatic heterocycles. The predicted octanol–water partition coefficient (Wildman–Crippen LogP) is 6.03. The zero-order valence-electron chi connectivity index (χ0n) is 20.9. The number of rotatable bonds is 6. The summed E-state index contributed by atoms with van der Waals surface area (Å²) in [5.41, 5.74) is 9.36. The molecule has 0 spiro atoms. The molecule has 184 valence electrons. The molecule has 5 nitrogen and oxygen atoms in total. The second-order valence-electron chi connectivity index (χ2n) is 11.2. The second-order valence-corrected chi connectivity index (χ2v) is 11.2. The van der Waals surface area contributed by atoms with Crippen LogP contribution in [-0.2, 0) is 14.9 Å². The van der Waals surface area contributed by atoms with E-state index in [-0.39, 0.29) is 17.9 Å². The standard InChI is InChI=1S/C31H31NO4/c1-18-12-20(3)26(13-19(18)2)30-15-31(16-30,17-30)27(28(33)34)32-29(35)36-14-25-23-10-6-4-8-21(23)22-9-5-7-11-24(22)25/h4-13,25,27H,14-17H2,1-3H3,(H,32,35)(H,33,34). The summed E-state index contributed by atoms with van der Waals surface area (Å²) in [6.07, 6.45) is 1.68. The van der Waals surface area contributed by atoms with Gasteiger partial charge < -0.3 is 15.2 Å². The Balaban J connectivity index is 1.14. The summed E-state index contributed by atoms with van der Waals surface area (Å²) >= 11 is 0. The van der Waals surface area contributed by atoms with Crippen LogP contribution in [0.5, 0.6) is 0 Å². The molecule has 36 heavy (non-hydrogen) atoms. The second kappa shape index (κ2) is 7.95. The summed E-state index contributed by atoms with van der Waals surface area (Å²) in [5, 5.41) is 12.7. The van der Waals surface area contributed by atoms with Gasteiger partial charge in [-0.15, -0.1) is 0 Å². The van der Waals surface area contributed by atoms with E-state index in [0.717, 1.165) is 41.5 Å². The van der Waals surface area contributed by atoms with Crippen molar-refractivity contribution in [2.75, 3.05) is 6.61 Å². The lowest BCUT2D eigenvalue weighted by molar-refractivity contribution is -0.183. The van der Waals surface area contributed by atoms with Gasteiger partial charge in [0.25, 0.3) is 0 Å². The monoisotopic (exact) mass is 481 g/mol. The molecule has 7 rings (SSSR count). The van der Waals surface area contributed by atoms with Gasteiger partial charge in [-0.2, -0.15) is 0 Å². The number of ether oxygens (including phenoxy) is 1. The largest absolute Gasteiger partial charge is 0.480 e. The van der Waals surface area contributed by atoms with Crippen molar-refractivity contribution in [2.24, 2.45) is 5.41 Å². The van der Waals surface area contributed by atoms with E-state index in [9.17, 15) is 14.7 Å². The first-order chi connectivity index (χ1) is 17.2. The van der Waals surface area contributed by atoms with Crippen molar-refractivity contribution in [3.05, 3.63) is 94.0 Å². The molecule has 3 aromatic rings. The molecule has 2 N–H and O–H groups in total. The van der Waals surface area contributed by atoms with Crippen LogP contribution in [0.2, 0.25) is 0 Å². The molecule has 3 aromatic carbocycles. The quantitative estimate of drug-likeness (QED) is 0.451. The highest BCUT2D eigenvalue weighted by atomic mass is 16.5. The molecule has 1 atom stereocenters. The number of aliphatic carboxylic acids is 1. The lowest BCUT2D eigenvalue weighted by Crippen LogP contribution is -2.73. The number of fused-ring (bicyclic) bond motifs is 3. The van der Waals surface area contributed by atoms with Crippen molar-refractivity contribution in [3.63, 3.8) is 0 Å². The van der Waals surface area contributed by atoms with Gasteiger partial charge in [-0.05, 0) is 90.0 Å². The van der Waals surface area contributed by atoms with E-state index in [1.807, 2.05) is 24.3 Å². The molecule has 0 radical (unpaired) electrons. The van der Waals surface area contributed by atoms with Gasteiger partial charge in [-0.1, -0.05) is 60.7 Å². The average molecular weight is 482 g/mol. The minimum Gasteiger partial charge on any atom is -0.480 e. The van der Waals surface area contributed by atoms with Crippen LogP contribution >= 0.6 is 0 Å². The predicted molar refractivity (Wildman–Crippen MR) is 138 cm³/mol. The third-order valence-electron chi connectivity index (χ3n) is 8.95. The minimum atomic E-state index is -0.992. The number of nitrogens with one attached hydrogen (secondary N) is 1.